The molecule has 1 amide bonds. The molecule has 0 aliphatic carbocycles. The number of anilines is 1. The van der Waals surface area contributed by atoms with Gasteiger partial charge < -0.3 is 10.4 Å². The van der Waals surface area contributed by atoms with Crippen LogP contribution in [0.25, 0.3) is 0 Å². The van der Waals surface area contributed by atoms with Crippen LogP contribution in [0, 0.1) is 0 Å². The van der Waals surface area contributed by atoms with Crippen molar-refractivity contribution in [2.24, 2.45) is 0 Å². The Balaban J connectivity index is 2.09. The molecule has 0 bridgehead atoms. The average molecular weight is 291 g/mol. The lowest BCUT2D eigenvalue weighted by Crippen LogP contribution is -2.12. The molecule has 0 fully saturated rings. The van der Waals surface area contributed by atoms with E-state index in [9.17, 15) is 9.59 Å². The zero-order chi connectivity index (χ0) is 14.5. The average Bonchev–Trinajstić information content (AvgIpc) is 2.41. The van der Waals surface area contributed by atoms with Crippen molar-refractivity contribution < 1.29 is 14.7 Å². The number of rotatable bonds is 4. The van der Waals surface area contributed by atoms with Gasteiger partial charge in [-0.2, -0.15) is 0 Å². The van der Waals surface area contributed by atoms with Gasteiger partial charge in [-0.15, -0.1) is 0 Å². The summed E-state index contributed by atoms with van der Waals surface area (Å²) in [5.74, 6) is -1.27. The number of nitrogens with one attached hydrogen (secondary N) is 1. The summed E-state index contributed by atoms with van der Waals surface area (Å²) in [5, 5.41) is 11.7. The molecule has 102 valence electrons. The van der Waals surface area contributed by atoms with Crippen LogP contribution in [0.15, 0.2) is 42.7 Å². The standard InChI is InChI=1S/C14H11ClN2O3/c15-12-5-6-16-8-11(12)14(20)17-10-3-1-9(2-4-10)7-13(18)19/h1-6,8H,7H2,(H,17,20)(H,18,19). The predicted molar refractivity (Wildman–Crippen MR) is 75.0 cm³/mol. The summed E-state index contributed by atoms with van der Waals surface area (Å²) in [4.78, 5) is 26.4. The van der Waals surface area contributed by atoms with Gasteiger partial charge in [0.05, 0.1) is 17.0 Å². The van der Waals surface area contributed by atoms with Gasteiger partial charge in [0.25, 0.3) is 5.91 Å². The Morgan fingerprint density at radius 1 is 1.20 bits per heavy atom. The largest absolute Gasteiger partial charge is 0.481 e. The Kier molecular flexibility index (Phi) is 4.32. The second-order valence-electron chi connectivity index (χ2n) is 4.08. The molecule has 0 atom stereocenters. The van der Waals surface area contributed by atoms with Crippen molar-refractivity contribution in [2.45, 2.75) is 6.42 Å². The molecule has 2 aromatic rings. The Morgan fingerprint density at radius 2 is 1.90 bits per heavy atom. The lowest BCUT2D eigenvalue weighted by Gasteiger charge is -2.06. The lowest BCUT2D eigenvalue weighted by atomic mass is 10.1. The van der Waals surface area contributed by atoms with Gasteiger partial charge in [0.1, 0.15) is 0 Å². The third-order valence-corrected chi connectivity index (χ3v) is 2.91. The number of carboxylic acid groups (broad SMARTS) is 1. The summed E-state index contributed by atoms with van der Waals surface area (Å²) in [7, 11) is 0. The number of benzene rings is 1. The third-order valence-electron chi connectivity index (χ3n) is 2.58. The minimum atomic E-state index is -0.899. The smallest absolute Gasteiger partial charge is 0.307 e. The molecule has 2 rings (SSSR count). The van der Waals surface area contributed by atoms with Crippen LogP contribution in [0.2, 0.25) is 5.02 Å². The van der Waals surface area contributed by atoms with E-state index in [1.165, 1.54) is 18.5 Å². The van der Waals surface area contributed by atoms with E-state index in [1.54, 1.807) is 24.3 Å². The van der Waals surface area contributed by atoms with Gasteiger partial charge in [0, 0.05) is 18.1 Å². The number of carbonyl (C=O) groups is 2. The van der Waals surface area contributed by atoms with Gasteiger partial charge in [0.15, 0.2) is 0 Å². The summed E-state index contributed by atoms with van der Waals surface area (Å²) < 4.78 is 0. The maximum absolute atomic E-state index is 12.0. The fourth-order valence-electron chi connectivity index (χ4n) is 1.62. The molecule has 1 aromatic carbocycles. The maximum atomic E-state index is 12.0. The maximum Gasteiger partial charge on any atom is 0.307 e. The van der Waals surface area contributed by atoms with Crippen molar-refractivity contribution in [3.05, 3.63) is 58.9 Å². The van der Waals surface area contributed by atoms with Gasteiger partial charge in [-0.05, 0) is 23.8 Å². The van der Waals surface area contributed by atoms with Gasteiger partial charge in [-0.1, -0.05) is 23.7 Å². The normalized spacial score (nSPS) is 10.1. The number of aliphatic carboxylic acids is 1. The molecule has 0 spiro atoms. The van der Waals surface area contributed by atoms with Crippen LogP contribution >= 0.6 is 11.6 Å². The second-order valence-corrected chi connectivity index (χ2v) is 4.48. The third kappa shape index (κ3) is 3.55. The van der Waals surface area contributed by atoms with E-state index in [2.05, 4.69) is 10.3 Å². The minimum Gasteiger partial charge on any atom is -0.481 e. The molecule has 0 saturated carbocycles. The van der Waals surface area contributed by atoms with Crippen LogP contribution in [0.3, 0.4) is 0 Å². The van der Waals surface area contributed by atoms with E-state index >= 15 is 0 Å². The fourth-order valence-corrected chi connectivity index (χ4v) is 1.81. The highest BCUT2D eigenvalue weighted by atomic mass is 35.5. The monoisotopic (exact) mass is 290 g/mol. The molecule has 1 heterocycles. The molecule has 0 aliphatic rings. The van der Waals surface area contributed by atoms with Crippen molar-refractivity contribution in [2.75, 3.05) is 5.32 Å². The first-order valence-corrected chi connectivity index (χ1v) is 6.15. The highest BCUT2D eigenvalue weighted by Crippen LogP contribution is 2.16. The summed E-state index contributed by atoms with van der Waals surface area (Å²) >= 11 is 5.90. The SMILES string of the molecule is O=C(O)Cc1ccc(NC(=O)c2cnccc2Cl)cc1. The molecule has 6 heteroatoms. The summed E-state index contributed by atoms with van der Waals surface area (Å²) in [6.45, 7) is 0. The first-order chi connectivity index (χ1) is 9.56. The summed E-state index contributed by atoms with van der Waals surface area (Å²) in [5.41, 5.74) is 1.50. The van der Waals surface area contributed by atoms with Crippen LogP contribution in [0.4, 0.5) is 5.69 Å². The first kappa shape index (κ1) is 14.0. The molecule has 0 radical (unpaired) electrons. The molecule has 20 heavy (non-hydrogen) atoms. The number of amides is 1. The van der Waals surface area contributed by atoms with E-state index in [-0.39, 0.29) is 17.9 Å². The van der Waals surface area contributed by atoms with Gasteiger partial charge in [0.2, 0.25) is 0 Å². The highest BCUT2D eigenvalue weighted by molar-refractivity contribution is 6.34. The quantitative estimate of drug-likeness (QED) is 0.907. The Morgan fingerprint density at radius 3 is 2.50 bits per heavy atom. The summed E-state index contributed by atoms with van der Waals surface area (Å²) in [6.07, 6.45) is 2.83. The fraction of sp³-hybridized carbons (Fsp3) is 0.0714. The first-order valence-electron chi connectivity index (χ1n) is 5.78. The molecule has 0 saturated heterocycles. The molecule has 2 N–H and O–H groups in total. The van der Waals surface area contributed by atoms with E-state index in [0.717, 1.165) is 0 Å². The lowest BCUT2D eigenvalue weighted by molar-refractivity contribution is -0.136. The number of hydrogen-bond donors (Lipinski definition) is 2. The second kappa shape index (κ2) is 6.16. The van der Waals surface area contributed by atoms with Crippen molar-refractivity contribution in [3.63, 3.8) is 0 Å². The molecule has 1 aromatic heterocycles. The topological polar surface area (TPSA) is 79.3 Å². The van der Waals surface area contributed by atoms with Gasteiger partial charge in [-0.3, -0.25) is 14.6 Å². The van der Waals surface area contributed by atoms with Crippen molar-refractivity contribution in [3.8, 4) is 0 Å². The number of pyridine rings is 1. The van der Waals surface area contributed by atoms with Crippen LogP contribution in [0.1, 0.15) is 15.9 Å². The number of halogens is 1. The van der Waals surface area contributed by atoms with Crippen LogP contribution in [-0.4, -0.2) is 22.0 Å². The van der Waals surface area contributed by atoms with E-state index in [0.29, 0.717) is 16.3 Å². The van der Waals surface area contributed by atoms with E-state index in [1.807, 2.05) is 0 Å². The molecular weight excluding hydrogens is 280 g/mol. The van der Waals surface area contributed by atoms with Crippen molar-refractivity contribution in [1.29, 1.82) is 0 Å². The van der Waals surface area contributed by atoms with Gasteiger partial charge >= 0.3 is 5.97 Å². The highest BCUT2D eigenvalue weighted by Gasteiger charge is 2.10. The Hall–Kier alpha value is -2.40. The van der Waals surface area contributed by atoms with E-state index < -0.39 is 5.97 Å². The van der Waals surface area contributed by atoms with Gasteiger partial charge in [-0.25, -0.2) is 0 Å². The van der Waals surface area contributed by atoms with Crippen LogP contribution in [-0.2, 0) is 11.2 Å². The number of aromatic nitrogens is 1. The number of nitrogens with zero attached hydrogens (tertiary/aromatic N) is 1. The number of hydrogen-bond acceptors (Lipinski definition) is 3. The zero-order valence-corrected chi connectivity index (χ0v) is 11.1. The zero-order valence-electron chi connectivity index (χ0n) is 10.3. The predicted octanol–water partition coefficient (Wildman–Crippen LogP) is 2.61. The van der Waals surface area contributed by atoms with E-state index in [4.69, 9.17) is 16.7 Å². The van der Waals surface area contributed by atoms with Crippen molar-refractivity contribution in [1.82, 2.24) is 4.98 Å². The number of carbonyl (C=O) groups excluding carboxylic acids is 1. The van der Waals surface area contributed by atoms with Crippen LogP contribution < -0.4 is 5.32 Å². The summed E-state index contributed by atoms with van der Waals surface area (Å²) in [6, 6.07) is 8.11. The number of carboxylic acids is 1. The van der Waals surface area contributed by atoms with Crippen molar-refractivity contribution >= 4 is 29.2 Å². The Labute approximate surface area is 120 Å². The molecule has 0 unspecified atom stereocenters. The molecule has 0 aliphatic heterocycles. The molecule has 5 nitrogen and oxygen atoms in total. The van der Waals surface area contributed by atoms with Crippen LogP contribution in [0.5, 0.6) is 0 Å². The Bertz CT molecular complexity index is 641. The minimum absolute atomic E-state index is 0.0529. The molecular formula is C14H11ClN2O3.